The summed E-state index contributed by atoms with van der Waals surface area (Å²) < 4.78 is 4.96. The fourth-order valence-electron chi connectivity index (χ4n) is 2.35. The number of nitriles is 1. The number of para-hydroxylation sites is 1. The molecule has 0 aliphatic rings. The molecule has 27 heavy (non-hydrogen) atoms. The van der Waals surface area contributed by atoms with E-state index in [0.717, 1.165) is 5.69 Å². The number of esters is 1. The maximum absolute atomic E-state index is 11.7. The van der Waals surface area contributed by atoms with Gasteiger partial charge >= 0.3 is 5.97 Å². The van der Waals surface area contributed by atoms with Crippen LogP contribution in [0.1, 0.15) is 22.8 Å². The molecule has 0 saturated carbocycles. The van der Waals surface area contributed by atoms with Gasteiger partial charge in [0.05, 0.1) is 23.4 Å². The van der Waals surface area contributed by atoms with Gasteiger partial charge in [-0.15, -0.1) is 0 Å². The number of aromatic nitrogens is 2. The minimum absolute atomic E-state index is 0.335. The molecule has 134 valence electrons. The predicted octanol–water partition coefficient (Wildman–Crippen LogP) is 4.01. The Labute approximate surface area is 156 Å². The highest BCUT2D eigenvalue weighted by Gasteiger charge is 2.07. The van der Waals surface area contributed by atoms with Gasteiger partial charge in [0, 0.05) is 11.9 Å². The summed E-state index contributed by atoms with van der Waals surface area (Å²) in [4.78, 5) is 20.3. The van der Waals surface area contributed by atoms with E-state index >= 15 is 0 Å². The second-order valence-corrected chi connectivity index (χ2v) is 5.47. The van der Waals surface area contributed by atoms with Gasteiger partial charge in [0.25, 0.3) is 0 Å². The molecule has 0 radical (unpaired) electrons. The Morgan fingerprint density at radius 3 is 2.63 bits per heavy atom. The van der Waals surface area contributed by atoms with Gasteiger partial charge in [-0.3, -0.25) is 0 Å². The van der Waals surface area contributed by atoms with Crippen LogP contribution in [0.4, 0.5) is 23.1 Å². The molecule has 3 rings (SSSR count). The normalized spacial score (nSPS) is 9.93. The zero-order valence-electron chi connectivity index (χ0n) is 14.6. The Hall–Kier alpha value is -3.92. The molecule has 1 heterocycles. The molecule has 7 nitrogen and oxygen atoms in total. The lowest BCUT2D eigenvalue weighted by atomic mass is 10.2. The van der Waals surface area contributed by atoms with Crippen molar-refractivity contribution >= 4 is 29.1 Å². The SMILES string of the molecule is CCOC(=O)c1ccc(Nc2nccc(Nc3ccccc3C#N)n2)cc1. The molecule has 0 aliphatic heterocycles. The number of rotatable bonds is 6. The van der Waals surface area contributed by atoms with Crippen LogP contribution in [0.5, 0.6) is 0 Å². The number of carbonyl (C=O) groups is 1. The Bertz CT molecular complexity index is 980. The lowest BCUT2D eigenvalue weighted by Crippen LogP contribution is -2.05. The van der Waals surface area contributed by atoms with Gasteiger partial charge in [0.1, 0.15) is 11.9 Å². The Morgan fingerprint density at radius 2 is 1.89 bits per heavy atom. The van der Waals surface area contributed by atoms with Crippen molar-refractivity contribution in [1.82, 2.24) is 9.97 Å². The fourth-order valence-corrected chi connectivity index (χ4v) is 2.35. The Balaban J connectivity index is 1.72. The minimum Gasteiger partial charge on any atom is -0.462 e. The average molecular weight is 359 g/mol. The van der Waals surface area contributed by atoms with E-state index in [1.54, 1.807) is 55.6 Å². The van der Waals surface area contributed by atoms with Crippen LogP contribution in [-0.2, 0) is 4.74 Å². The lowest BCUT2D eigenvalue weighted by molar-refractivity contribution is 0.0526. The maximum Gasteiger partial charge on any atom is 0.338 e. The van der Waals surface area contributed by atoms with Gasteiger partial charge < -0.3 is 15.4 Å². The van der Waals surface area contributed by atoms with E-state index in [1.807, 2.05) is 12.1 Å². The van der Waals surface area contributed by atoms with Gasteiger partial charge in [0.2, 0.25) is 5.95 Å². The number of anilines is 4. The van der Waals surface area contributed by atoms with Crippen LogP contribution in [0.3, 0.4) is 0 Å². The third-order valence-corrected chi connectivity index (χ3v) is 3.62. The number of nitrogens with zero attached hydrogens (tertiary/aromatic N) is 3. The third kappa shape index (κ3) is 4.58. The lowest BCUT2D eigenvalue weighted by Gasteiger charge is -2.10. The summed E-state index contributed by atoms with van der Waals surface area (Å²) in [7, 11) is 0. The second-order valence-electron chi connectivity index (χ2n) is 5.47. The van der Waals surface area contributed by atoms with Gasteiger partial charge in [0.15, 0.2) is 0 Å². The van der Waals surface area contributed by atoms with E-state index in [-0.39, 0.29) is 5.97 Å². The zero-order chi connectivity index (χ0) is 19.1. The monoisotopic (exact) mass is 359 g/mol. The summed E-state index contributed by atoms with van der Waals surface area (Å²) in [5.41, 5.74) is 2.41. The number of nitrogens with one attached hydrogen (secondary N) is 2. The molecule has 0 spiro atoms. The summed E-state index contributed by atoms with van der Waals surface area (Å²) in [6, 6.07) is 17.9. The standard InChI is InChI=1S/C20H17N5O2/c1-2-27-19(26)14-7-9-16(10-8-14)23-20-22-12-11-18(25-20)24-17-6-4-3-5-15(17)13-21/h3-12H,2H2,1H3,(H2,22,23,24,25). The second kappa shape index (κ2) is 8.45. The van der Waals surface area contributed by atoms with Gasteiger partial charge in [-0.2, -0.15) is 10.2 Å². The summed E-state index contributed by atoms with van der Waals surface area (Å²) in [5, 5.41) is 15.4. The van der Waals surface area contributed by atoms with Crippen LogP contribution in [-0.4, -0.2) is 22.5 Å². The first-order valence-electron chi connectivity index (χ1n) is 8.33. The molecule has 0 aliphatic carbocycles. The average Bonchev–Trinajstić information content (AvgIpc) is 2.69. The van der Waals surface area contributed by atoms with Crippen molar-refractivity contribution in [2.24, 2.45) is 0 Å². The largest absolute Gasteiger partial charge is 0.462 e. The van der Waals surface area contributed by atoms with Crippen LogP contribution < -0.4 is 10.6 Å². The molecule has 3 aromatic rings. The molecule has 2 N–H and O–H groups in total. The van der Waals surface area contributed by atoms with Crippen LogP contribution >= 0.6 is 0 Å². The van der Waals surface area contributed by atoms with Gasteiger partial charge in [-0.25, -0.2) is 9.78 Å². The predicted molar refractivity (Wildman–Crippen MR) is 102 cm³/mol. The molecule has 0 fully saturated rings. The summed E-state index contributed by atoms with van der Waals surface area (Å²) in [6.45, 7) is 2.10. The highest BCUT2D eigenvalue weighted by molar-refractivity contribution is 5.89. The molecule has 0 bridgehead atoms. The van der Waals surface area contributed by atoms with Crippen molar-refractivity contribution in [3.8, 4) is 6.07 Å². The molecule has 1 aromatic heterocycles. The van der Waals surface area contributed by atoms with E-state index in [9.17, 15) is 10.1 Å². The van der Waals surface area contributed by atoms with Crippen molar-refractivity contribution < 1.29 is 9.53 Å². The maximum atomic E-state index is 11.7. The van der Waals surface area contributed by atoms with Crippen molar-refractivity contribution in [3.05, 3.63) is 71.9 Å². The van der Waals surface area contributed by atoms with Crippen LogP contribution in [0.25, 0.3) is 0 Å². The first-order chi connectivity index (χ1) is 13.2. The zero-order valence-corrected chi connectivity index (χ0v) is 14.6. The van der Waals surface area contributed by atoms with Crippen LogP contribution in [0.2, 0.25) is 0 Å². The van der Waals surface area contributed by atoms with Crippen molar-refractivity contribution in [1.29, 1.82) is 5.26 Å². The fraction of sp³-hybridized carbons (Fsp3) is 0.100. The van der Waals surface area contributed by atoms with Crippen molar-refractivity contribution in [3.63, 3.8) is 0 Å². The molecule has 0 saturated heterocycles. The van der Waals surface area contributed by atoms with Crippen molar-refractivity contribution in [2.75, 3.05) is 17.2 Å². The molecule has 0 amide bonds. The molecule has 2 aromatic carbocycles. The van der Waals surface area contributed by atoms with Gasteiger partial charge in [-0.05, 0) is 49.4 Å². The highest BCUT2D eigenvalue weighted by Crippen LogP contribution is 2.20. The first kappa shape index (κ1) is 17.9. The Kier molecular flexibility index (Phi) is 5.60. The minimum atomic E-state index is -0.359. The Morgan fingerprint density at radius 1 is 1.11 bits per heavy atom. The van der Waals surface area contributed by atoms with E-state index in [2.05, 4.69) is 26.7 Å². The molecule has 0 atom stereocenters. The third-order valence-electron chi connectivity index (χ3n) is 3.62. The summed E-state index contributed by atoms with van der Waals surface area (Å²) in [5.74, 6) is 0.583. The molecule has 7 heteroatoms. The molecule has 0 unspecified atom stereocenters. The smallest absolute Gasteiger partial charge is 0.338 e. The summed E-state index contributed by atoms with van der Waals surface area (Å²) >= 11 is 0. The van der Waals surface area contributed by atoms with E-state index < -0.39 is 0 Å². The van der Waals surface area contributed by atoms with E-state index in [4.69, 9.17) is 4.74 Å². The van der Waals surface area contributed by atoms with Crippen LogP contribution in [0.15, 0.2) is 60.8 Å². The number of carbonyl (C=O) groups excluding carboxylic acids is 1. The molecular weight excluding hydrogens is 342 g/mol. The highest BCUT2D eigenvalue weighted by atomic mass is 16.5. The van der Waals surface area contributed by atoms with Crippen LogP contribution in [0, 0.1) is 11.3 Å². The topological polar surface area (TPSA) is 99.9 Å². The van der Waals surface area contributed by atoms with E-state index in [0.29, 0.717) is 35.2 Å². The number of hydrogen-bond acceptors (Lipinski definition) is 7. The number of ether oxygens (including phenoxy) is 1. The van der Waals surface area contributed by atoms with Crippen molar-refractivity contribution in [2.45, 2.75) is 6.92 Å². The number of benzene rings is 2. The number of hydrogen-bond donors (Lipinski definition) is 2. The van der Waals surface area contributed by atoms with E-state index in [1.165, 1.54) is 0 Å². The first-order valence-corrected chi connectivity index (χ1v) is 8.33. The summed E-state index contributed by atoms with van der Waals surface area (Å²) in [6.07, 6.45) is 1.61. The van der Waals surface area contributed by atoms with Gasteiger partial charge in [-0.1, -0.05) is 12.1 Å². The quantitative estimate of drug-likeness (QED) is 0.641. The molecular formula is C20H17N5O2.